The topological polar surface area (TPSA) is 92.9 Å². The second-order valence-corrected chi connectivity index (χ2v) is 8.30. The highest BCUT2D eigenvalue weighted by atomic mass is 32.2. The predicted molar refractivity (Wildman–Crippen MR) is 127 cm³/mol. The molecule has 1 amide bonds. The number of nitrogens with one attached hydrogen (secondary N) is 2. The molecule has 7 heteroatoms. The molecule has 0 aliphatic carbocycles. The highest BCUT2D eigenvalue weighted by molar-refractivity contribution is 7.99. The first-order valence-corrected chi connectivity index (χ1v) is 10.7. The van der Waals surface area contributed by atoms with Gasteiger partial charge < -0.3 is 16.4 Å². The van der Waals surface area contributed by atoms with E-state index in [1.165, 1.54) is 5.56 Å². The molecule has 0 aliphatic heterocycles. The lowest BCUT2D eigenvalue weighted by Gasteiger charge is -2.14. The van der Waals surface area contributed by atoms with Crippen molar-refractivity contribution >= 4 is 45.8 Å². The number of nitrogens with zero attached hydrogens (tertiary/aromatic N) is 2. The van der Waals surface area contributed by atoms with Crippen LogP contribution in [0.2, 0.25) is 0 Å². The SMILES string of the molecule is Cc1ccc(Sc2ccc(NC(=O)CN)cc2)c(Nc2ccnc3nc(C)ccc23)c1. The smallest absolute Gasteiger partial charge is 0.238 e. The number of aromatic nitrogens is 2. The quantitative estimate of drug-likeness (QED) is 0.398. The van der Waals surface area contributed by atoms with E-state index in [2.05, 4.69) is 45.7 Å². The highest BCUT2D eigenvalue weighted by Crippen LogP contribution is 2.37. The molecule has 0 spiro atoms. The Balaban J connectivity index is 1.61. The van der Waals surface area contributed by atoms with Crippen LogP contribution in [0.3, 0.4) is 0 Å². The van der Waals surface area contributed by atoms with Gasteiger partial charge >= 0.3 is 0 Å². The molecule has 0 saturated heterocycles. The van der Waals surface area contributed by atoms with E-state index >= 15 is 0 Å². The molecule has 2 aromatic heterocycles. The van der Waals surface area contributed by atoms with E-state index < -0.39 is 0 Å². The second kappa shape index (κ2) is 9.16. The maximum absolute atomic E-state index is 11.5. The maximum atomic E-state index is 11.5. The maximum Gasteiger partial charge on any atom is 0.238 e. The molecule has 4 aromatic rings. The van der Waals surface area contributed by atoms with E-state index in [-0.39, 0.29) is 12.5 Å². The van der Waals surface area contributed by atoms with Gasteiger partial charge in [0.15, 0.2) is 5.65 Å². The Morgan fingerprint density at radius 1 is 1.00 bits per heavy atom. The van der Waals surface area contributed by atoms with Gasteiger partial charge in [-0.1, -0.05) is 17.8 Å². The average molecular weight is 430 g/mol. The van der Waals surface area contributed by atoms with Crippen LogP contribution in [-0.4, -0.2) is 22.4 Å². The minimum Gasteiger partial charge on any atom is -0.354 e. The van der Waals surface area contributed by atoms with Gasteiger partial charge in [0.25, 0.3) is 0 Å². The normalized spacial score (nSPS) is 10.8. The van der Waals surface area contributed by atoms with Crippen molar-refractivity contribution in [2.75, 3.05) is 17.2 Å². The third-order valence-electron chi connectivity index (χ3n) is 4.70. The number of fused-ring (bicyclic) bond motifs is 1. The number of aryl methyl sites for hydroxylation is 2. The first-order valence-electron chi connectivity index (χ1n) is 9.90. The summed E-state index contributed by atoms with van der Waals surface area (Å²) in [5.41, 5.74) is 10.9. The van der Waals surface area contributed by atoms with Crippen molar-refractivity contribution in [3.8, 4) is 0 Å². The van der Waals surface area contributed by atoms with Crippen LogP contribution in [0.5, 0.6) is 0 Å². The highest BCUT2D eigenvalue weighted by Gasteiger charge is 2.09. The first kappa shape index (κ1) is 20.8. The summed E-state index contributed by atoms with van der Waals surface area (Å²) in [7, 11) is 0. The molecule has 0 saturated carbocycles. The molecule has 0 fully saturated rings. The molecule has 2 heterocycles. The van der Waals surface area contributed by atoms with Crippen molar-refractivity contribution in [3.05, 3.63) is 78.1 Å². The van der Waals surface area contributed by atoms with Gasteiger partial charge in [0.2, 0.25) is 5.91 Å². The summed E-state index contributed by atoms with van der Waals surface area (Å²) in [6.45, 7) is 4.00. The molecule has 0 unspecified atom stereocenters. The van der Waals surface area contributed by atoms with Gasteiger partial charge in [0.1, 0.15) is 0 Å². The van der Waals surface area contributed by atoms with Crippen LogP contribution in [-0.2, 0) is 4.79 Å². The zero-order valence-electron chi connectivity index (χ0n) is 17.3. The standard InChI is InChI=1S/C24H23N5OS/c1-15-3-10-22(31-18-7-5-17(6-8-18)28-23(30)14-25)21(13-15)29-20-11-12-26-24-19(20)9-4-16(2)27-24/h3-13H,14,25H2,1-2H3,(H,28,30)(H,26,27,29). The molecule has 0 bridgehead atoms. The second-order valence-electron chi connectivity index (χ2n) is 7.19. The zero-order chi connectivity index (χ0) is 21.8. The summed E-state index contributed by atoms with van der Waals surface area (Å²) >= 11 is 1.65. The Morgan fingerprint density at radius 3 is 2.58 bits per heavy atom. The Labute approximate surface area is 185 Å². The van der Waals surface area contributed by atoms with E-state index in [1.807, 2.05) is 49.4 Å². The van der Waals surface area contributed by atoms with Crippen LogP contribution in [0.15, 0.2) is 76.7 Å². The number of nitrogens with two attached hydrogens (primary N) is 1. The Hall–Kier alpha value is -3.42. The molecule has 31 heavy (non-hydrogen) atoms. The molecule has 2 aromatic carbocycles. The lowest BCUT2D eigenvalue weighted by Crippen LogP contribution is -2.21. The lowest BCUT2D eigenvalue weighted by atomic mass is 10.2. The van der Waals surface area contributed by atoms with Gasteiger partial charge in [-0.2, -0.15) is 0 Å². The van der Waals surface area contributed by atoms with Gasteiger partial charge in [0.05, 0.1) is 17.9 Å². The van der Waals surface area contributed by atoms with E-state index in [9.17, 15) is 4.79 Å². The largest absolute Gasteiger partial charge is 0.354 e. The Bertz CT molecular complexity index is 1240. The lowest BCUT2D eigenvalue weighted by molar-refractivity contribution is -0.114. The zero-order valence-corrected chi connectivity index (χ0v) is 18.2. The number of hydrogen-bond donors (Lipinski definition) is 3. The Morgan fingerprint density at radius 2 is 1.81 bits per heavy atom. The fraction of sp³-hybridized carbons (Fsp3) is 0.125. The number of carbonyl (C=O) groups excluding carboxylic acids is 1. The van der Waals surface area contributed by atoms with Crippen molar-refractivity contribution in [2.24, 2.45) is 5.73 Å². The average Bonchev–Trinajstić information content (AvgIpc) is 2.76. The molecular weight excluding hydrogens is 406 g/mol. The first-order chi connectivity index (χ1) is 15.0. The number of carbonyl (C=O) groups is 1. The molecule has 4 N–H and O–H groups in total. The predicted octanol–water partition coefficient (Wildman–Crippen LogP) is 5.04. The molecule has 0 aliphatic rings. The van der Waals surface area contributed by atoms with Gasteiger partial charge in [-0.25, -0.2) is 9.97 Å². The number of amides is 1. The summed E-state index contributed by atoms with van der Waals surface area (Å²) in [6.07, 6.45) is 1.77. The minimum atomic E-state index is -0.209. The fourth-order valence-corrected chi connectivity index (χ4v) is 4.04. The van der Waals surface area contributed by atoms with Crippen molar-refractivity contribution in [3.63, 3.8) is 0 Å². The van der Waals surface area contributed by atoms with Crippen LogP contribution in [0, 0.1) is 13.8 Å². The van der Waals surface area contributed by atoms with E-state index in [1.54, 1.807) is 18.0 Å². The Kier molecular flexibility index (Phi) is 6.16. The van der Waals surface area contributed by atoms with Crippen molar-refractivity contribution in [1.29, 1.82) is 0 Å². The van der Waals surface area contributed by atoms with E-state index in [4.69, 9.17) is 5.73 Å². The van der Waals surface area contributed by atoms with E-state index in [0.29, 0.717) is 0 Å². The number of hydrogen-bond acceptors (Lipinski definition) is 6. The molecular formula is C24H23N5OS. The van der Waals surface area contributed by atoms with Gasteiger partial charge in [-0.15, -0.1) is 0 Å². The van der Waals surface area contributed by atoms with Gasteiger partial charge in [-0.3, -0.25) is 4.79 Å². The minimum absolute atomic E-state index is 0.0341. The summed E-state index contributed by atoms with van der Waals surface area (Å²) in [5, 5.41) is 7.30. The molecule has 0 atom stereocenters. The summed E-state index contributed by atoms with van der Waals surface area (Å²) < 4.78 is 0. The van der Waals surface area contributed by atoms with Gasteiger partial charge in [-0.05, 0) is 74.0 Å². The summed E-state index contributed by atoms with van der Waals surface area (Å²) in [4.78, 5) is 22.5. The van der Waals surface area contributed by atoms with Crippen LogP contribution >= 0.6 is 11.8 Å². The molecule has 4 rings (SSSR count). The molecule has 156 valence electrons. The number of rotatable bonds is 6. The molecule has 0 radical (unpaired) electrons. The van der Waals surface area contributed by atoms with Crippen LogP contribution in [0.1, 0.15) is 11.3 Å². The van der Waals surface area contributed by atoms with Gasteiger partial charge in [0, 0.05) is 32.8 Å². The van der Waals surface area contributed by atoms with Crippen LogP contribution in [0.25, 0.3) is 11.0 Å². The van der Waals surface area contributed by atoms with Crippen molar-refractivity contribution < 1.29 is 4.79 Å². The van der Waals surface area contributed by atoms with Crippen molar-refractivity contribution in [2.45, 2.75) is 23.6 Å². The number of pyridine rings is 2. The molecule has 6 nitrogen and oxygen atoms in total. The van der Waals surface area contributed by atoms with Crippen LogP contribution < -0.4 is 16.4 Å². The number of anilines is 3. The monoisotopic (exact) mass is 429 g/mol. The fourth-order valence-electron chi connectivity index (χ4n) is 3.15. The third-order valence-corrected chi connectivity index (χ3v) is 5.78. The van der Waals surface area contributed by atoms with E-state index in [0.717, 1.165) is 43.6 Å². The third kappa shape index (κ3) is 5.02. The van der Waals surface area contributed by atoms with Crippen LogP contribution in [0.4, 0.5) is 17.1 Å². The summed E-state index contributed by atoms with van der Waals surface area (Å²) in [5.74, 6) is -0.209. The van der Waals surface area contributed by atoms with Crippen molar-refractivity contribution in [1.82, 2.24) is 9.97 Å². The number of benzene rings is 2. The summed E-state index contributed by atoms with van der Waals surface area (Å²) in [6, 6.07) is 20.1.